The molecule has 3 rings (SSSR count). The molecule has 1 aliphatic rings. The van der Waals surface area contributed by atoms with E-state index in [1.54, 1.807) is 11.0 Å². The van der Waals surface area contributed by atoms with E-state index in [1.165, 1.54) is 0 Å². The molecule has 0 spiro atoms. The van der Waals surface area contributed by atoms with Crippen LogP contribution in [0.4, 0.5) is 5.69 Å². The van der Waals surface area contributed by atoms with Gasteiger partial charge in [0.15, 0.2) is 0 Å². The van der Waals surface area contributed by atoms with Crippen LogP contribution < -0.4 is 4.90 Å². The van der Waals surface area contributed by atoms with Crippen molar-refractivity contribution in [3.63, 3.8) is 0 Å². The minimum absolute atomic E-state index is 0.0414. The van der Waals surface area contributed by atoms with Crippen LogP contribution in [0.3, 0.4) is 0 Å². The van der Waals surface area contributed by atoms with E-state index in [9.17, 15) is 4.79 Å². The fourth-order valence-electron chi connectivity index (χ4n) is 2.88. The van der Waals surface area contributed by atoms with Gasteiger partial charge in [0.25, 0.3) is 5.91 Å². The molecule has 0 N–H and O–H groups in total. The molecule has 23 heavy (non-hydrogen) atoms. The third-order valence-electron chi connectivity index (χ3n) is 4.27. The number of hydrogen-bond donors (Lipinski definition) is 0. The van der Waals surface area contributed by atoms with Crippen LogP contribution in [0.1, 0.15) is 18.9 Å². The molecule has 1 saturated heterocycles. The zero-order valence-corrected chi connectivity index (χ0v) is 14.3. The molecule has 2 aromatic carbocycles. The standard InChI is InChI=1S/C18H17Cl2NO2/c1-2-18(13-8-9-15(19)16(20)10-13)12-21(17(22)11-23-18)14-6-4-3-5-7-14/h3-10H,2,11-12H2,1H3. The van der Waals surface area contributed by atoms with Crippen LogP contribution in [-0.4, -0.2) is 19.1 Å². The first-order chi connectivity index (χ1) is 11.1. The predicted octanol–water partition coefficient (Wildman–Crippen LogP) is 4.66. The molecule has 5 heteroatoms. The van der Waals surface area contributed by atoms with Crippen LogP contribution >= 0.6 is 23.2 Å². The van der Waals surface area contributed by atoms with Gasteiger partial charge >= 0.3 is 0 Å². The molecule has 1 heterocycles. The van der Waals surface area contributed by atoms with Crippen LogP contribution in [0.25, 0.3) is 0 Å². The van der Waals surface area contributed by atoms with Crippen LogP contribution in [0.2, 0.25) is 10.0 Å². The Morgan fingerprint density at radius 3 is 2.52 bits per heavy atom. The molecule has 0 aromatic heterocycles. The maximum atomic E-state index is 12.3. The topological polar surface area (TPSA) is 29.5 Å². The van der Waals surface area contributed by atoms with Crippen LogP contribution in [0.5, 0.6) is 0 Å². The summed E-state index contributed by atoms with van der Waals surface area (Å²) >= 11 is 12.2. The molecule has 0 radical (unpaired) electrons. The lowest BCUT2D eigenvalue weighted by atomic mass is 9.88. The first-order valence-corrected chi connectivity index (χ1v) is 8.26. The third-order valence-corrected chi connectivity index (χ3v) is 5.01. The van der Waals surface area contributed by atoms with Gasteiger partial charge in [-0.3, -0.25) is 4.79 Å². The van der Waals surface area contributed by atoms with Gasteiger partial charge in [-0.2, -0.15) is 0 Å². The molecule has 1 unspecified atom stereocenters. The summed E-state index contributed by atoms with van der Waals surface area (Å²) in [6.45, 7) is 2.54. The second kappa shape index (κ2) is 6.52. The maximum absolute atomic E-state index is 12.3. The Labute approximate surface area is 145 Å². The monoisotopic (exact) mass is 349 g/mol. The van der Waals surface area contributed by atoms with E-state index in [4.69, 9.17) is 27.9 Å². The number of ether oxygens (including phenoxy) is 1. The SMILES string of the molecule is CCC1(c2ccc(Cl)c(Cl)c2)CN(c2ccccc2)C(=O)CO1. The lowest BCUT2D eigenvalue weighted by Gasteiger charge is -2.42. The Kier molecular flexibility index (Phi) is 4.62. The van der Waals surface area contributed by atoms with E-state index in [1.807, 2.05) is 49.4 Å². The largest absolute Gasteiger partial charge is 0.359 e. The minimum atomic E-state index is -0.585. The number of anilines is 1. The van der Waals surface area contributed by atoms with Crippen LogP contribution in [-0.2, 0) is 15.1 Å². The van der Waals surface area contributed by atoms with Gasteiger partial charge in [0.05, 0.1) is 16.6 Å². The van der Waals surface area contributed by atoms with Crippen molar-refractivity contribution in [2.75, 3.05) is 18.1 Å². The molecule has 0 saturated carbocycles. The number of para-hydroxylation sites is 1. The van der Waals surface area contributed by atoms with Crippen molar-refractivity contribution in [3.05, 3.63) is 64.1 Å². The average molecular weight is 350 g/mol. The predicted molar refractivity (Wildman–Crippen MR) is 93.2 cm³/mol. The number of morpholine rings is 1. The van der Waals surface area contributed by atoms with Crippen molar-refractivity contribution in [1.29, 1.82) is 0 Å². The van der Waals surface area contributed by atoms with Crippen molar-refractivity contribution in [1.82, 2.24) is 0 Å². The summed E-state index contributed by atoms with van der Waals surface area (Å²) in [7, 11) is 0. The maximum Gasteiger partial charge on any atom is 0.253 e. The molecule has 1 atom stereocenters. The number of carbonyl (C=O) groups excluding carboxylic acids is 1. The summed E-state index contributed by atoms with van der Waals surface area (Å²) in [5.74, 6) is -0.0414. The Bertz CT molecular complexity index is 720. The van der Waals surface area contributed by atoms with Gasteiger partial charge in [-0.25, -0.2) is 0 Å². The molecule has 0 bridgehead atoms. The van der Waals surface area contributed by atoms with Gasteiger partial charge in [0.2, 0.25) is 0 Å². The first-order valence-electron chi connectivity index (χ1n) is 7.50. The third kappa shape index (κ3) is 3.09. The normalized spacial score (nSPS) is 21.5. The van der Waals surface area contributed by atoms with Crippen LogP contribution in [0.15, 0.2) is 48.5 Å². The highest BCUT2D eigenvalue weighted by atomic mass is 35.5. The van der Waals surface area contributed by atoms with Gasteiger partial charge in [-0.1, -0.05) is 54.4 Å². The molecule has 1 fully saturated rings. The average Bonchev–Trinajstić information content (AvgIpc) is 2.59. The smallest absolute Gasteiger partial charge is 0.253 e. The van der Waals surface area contributed by atoms with E-state index in [0.717, 1.165) is 17.7 Å². The number of rotatable bonds is 3. The van der Waals surface area contributed by atoms with E-state index >= 15 is 0 Å². The van der Waals surface area contributed by atoms with Gasteiger partial charge in [0, 0.05) is 5.69 Å². The van der Waals surface area contributed by atoms with E-state index in [-0.39, 0.29) is 12.5 Å². The van der Waals surface area contributed by atoms with Crippen molar-refractivity contribution in [2.24, 2.45) is 0 Å². The van der Waals surface area contributed by atoms with Crippen LogP contribution in [0, 0.1) is 0 Å². The van der Waals surface area contributed by atoms with Gasteiger partial charge in [0.1, 0.15) is 12.2 Å². The van der Waals surface area contributed by atoms with E-state index in [0.29, 0.717) is 16.6 Å². The number of halogens is 2. The second-order valence-electron chi connectivity index (χ2n) is 5.58. The molecule has 1 aliphatic heterocycles. The molecular weight excluding hydrogens is 333 g/mol. The summed E-state index contributed by atoms with van der Waals surface area (Å²) in [4.78, 5) is 14.1. The van der Waals surface area contributed by atoms with Crippen molar-refractivity contribution in [2.45, 2.75) is 18.9 Å². The quantitative estimate of drug-likeness (QED) is 0.806. The zero-order valence-electron chi connectivity index (χ0n) is 12.8. The van der Waals surface area contributed by atoms with Gasteiger partial charge in [-0.05, 0) is 36.2 Å². The molecule has 2 aromatic rings. The summed E-state index contributed by atoms with van der Waals surface area (Å²) < 4.78 is 5.97. The molecule has 120 valence electrons. The number of hydrogen-bond acceptors (Lipinski definition) is 2. The highest BCUT2D eigenvalue weighted by Gasteiger charge is 2.40. The Hall–Kier alpha value is -1.55. The highest BCUT2D eigenvalue weighted by Crippen LogP contribution is 2.37. The lowest BCUT2D eigenvalue weighted by molar-refractivity contribution is -0.140. The number of nitrogens with zero attached hydrogens (tertiary/aromatic N) is 1. The van der Waals surface area contributed by atoms with E-state index < -0.39 is 5.60 Å². The summed E-state index contributed by atoms with van der Waals surface area (Å²) in [5.41, 5.74) is 1.22. The Morgan fingerprint density at radius 1 is 1.13 bits per heavy atom. The fourth-order valence-corrected chi connectivity index (χ4v) is 3.18. The second-order valence-corrected chi connectivity index (χ2v) is 6.40. The Balaban J connectivity index is 1.99. The van der Waals surface area contributed by atoms with Crippen molar-refractivity contribution >= 4 is 34.8 Å². The minimum Gasteiger partial charge on any atom is -0.359 e. The summed E-state index contributed by atoms with van der Waals surface area (Å²) in [5, 5.41) is 0.997. The van der Waals surface area contributed by atoms with E-state index in [2.05, 4.69) is 0 Å². The summed E-state index contributed by atoms with van der Waals surface area (Å²) in [6.07, 6.45) is 0.724. The number of amides is 1. The summed E-state index contributed by atoms with van der Waals surface area (Å²) in [6, 6.07) is 15.1. The van der Waals surface area contributed by atoms with Gasteiger partial charge in [-0.15, -0.1) is 0 Å². The molecule has 3 nitrogen and oxygen atoms in total. The molecule has 0 aliphatic carbocycles. The zero-order chi connectivity index (χ0) is 16.4. The number of benzene rings is 2. The molecular formula is C18H17Cl2NO2. The highest BCUT2D eigenvalue weighted by molar-refractivity contribution is 6.42. The Morgan fingerprint density at radius 2 is 1.87 bits per heavy atom. The van der Waals surface area contributed by atoms with Crippen molar-refractivity contribution in [3.8, 4) is 0 Å². The first kappa shape index (κ1) is 16.3. The molecule has 1 amide bonds. The number of carbonyl (C=O) groups is 1. The fraction of sp³-hybridized carbons (Fsp3) is 0.278. The lowest BCUT2D eigenvalue weighted by Crippen LogP contribution is -2.52. The van der Waals surface area contributed by atoms with Gasteiger partial charge < -0.3 is 9.64 Å². The van der Waals surface area contributed by atoms with Crippen molar-refractivity contribution < 1.29 is 9.53 Å².